The smallest absolute Gasteiger partial charge is 0.175 e. The molecule has 0 atom stereocenters. The average molecular weight is 314 g/mol. The molecule has 2 rings (SSSR count). The topological polar surface area (TPSA) is 30.5 Å². The van der Waals surface area contributed by atoms with Gasteiger partial charge in [-0.15, -0.1) is 0 Å². The average Bonchev–Trinajstić information content (AvgIpc) is 2.39. The molecular formula is C14H20BrNO2. The van der Waals surface area contributed by atoms with Crippen molar-refractivity contribution in [2.24, 2.45) is 0 Å². The summed E-state index contributed by atoms with van der Waals surface area (Å²) in [6.45, 7) is 4.32. The molecule has 0 bridgehead atoms. The minimum atomic E-state index is 0.598. The Bertz CT molecular complexity index is 428. The lowest BCUT2D eigenvalue weighted by atomic mass is 9.87. The van der Waals surface area contributed by atoms with Crippen LogP contribution in [-0.2, 0) is 0 Å². The van der Waals surface area contributed by atoms with Gasteiger partial charge in [0.15, 0.2) is 11.5 Å². The van der Waals surface area contributed by atoms with Crippen LogP contribution in [0.4, 0.5) is 0 Å². The number of halogens is 1. The molecule has 0 saturated carbocycles. The third-order valence-electron chi connectivity index (χ3n) is 3.60. The van der Waals surface area contributed by atoms with Crippen molar-refractivity contribution in [3.63, 3.8) is 0 Å². The molecule has 4 heteroatoms. The second-order valence-corrected chi connectivity index (χ2v) is 5.47. The van der Waals surface area contributed by atoms with Crippen molar-refractivity contribution in [3.05, 3.63) is 21.7 Å². The van der Waals surface area contributed by atoms with Crippen molar-refractivity contribution in [3.8, 4) is 11.5 Å². The van der Waals surface area contributed by atoms with Gasteiger partial charge in [-0.3, -0.25) is 0 Å². The molecule has 1 fully saturated rings. The molecule has 0 unspecified atom stereocenters. The number of hydrogen-bond acceptors (Lipinski definition) is 3. The molecule has 3 nitrogen and oxygen atoms in total. The van der Waals surface area contributed by atoms with Crippen LogP contribution in [0, 0.1) is 6.92 Å². The molecule has 0 aliphatic carbocycles. The van der Waals surface area contributed by atoms with E-state index in [0.717, 1.165) is 29.1 Å². The standard InChI is InChI=1S/C14H20BrNO2/c1-9-8-11(17-2)14(18-3)13(15)12(9)10-4-6-16-7-5-10/h8,10,16H,4-7H2,1-3H3. The highest BCUT2D eigenvalue weighted by atomic mass is 79.9. The third kappa shape index (κ3) is 2.50. The summed E-state index contributed by atoms with van der Waals surface area (Å²) >= 11 is 3.69. The van der Waals surface area contributed by atoms with E-state index in [-0.39, 0.29) is 0 Å². The molecule has 100 valence electrons. The molecule has 1 saturated heterocycles. The normalized spacial score (nSPS) is 16.7. The quantitative estimate of drug-likeness (QED) is 0.929. The Morgan fingerprint density at radius 1 is 1.22 bits per heavy atom. The Morgan fingerprint density at radius 2 is 1.89 bits per heavy atom. The van der Waals surface area contributed by atoms with Crippen molar-refractivity contribution >= 4 is 15.9 Å². The molecule has 18 heavy (non-hydrogen) atoms. The molecular weight excluding hydrogens is 294 g/mol. The van der Waals surface area contributed by atoms with Gasteiger partial charge in [-0.05, 0) is 71.9 Å². The van der Waals surface area contributed by atoms with Gasteiger partial charge in [0.05, 0.1) is 18.7 Å². The summed E-state index contributed by atoms with van der Waals surface area (Å²) in [7, 11) is 3.36. The first-order chi connectivity index (χ1) is 8.69. The minimum absolute atomic E-state index is 0.598. The Hall–Kier alpha value is -0.740. The van der Waals surface area contributed by atoms with Gasteiger partial charge in [0.1, 0.15) is 0 Å². The fraction of sp³-hybridized carbons (Fsp3) is 0.571. The number of ether oxygens (including phenoxy) is 2. The van der Waals surface area contributed by atoms with Crippen molar-refractivity contribution in [2.45, 2.75) is 25.7 Å². The van der Waals surface area contributed by atoms with Gasteiger partial charge in [-0.2, -0.15) is 0 Å². The summed E-state index contributed by atoms with van der Waals surface area (Å²) in [4.78, 5) is 0. The maximum Gasteiger partial charge on any atom is 0.175 e. The first kappa shape index (κ1) is 13.7. The second-order valence-electron chi connectivity index (χ2n) is 4.68. The van der Waals surface area contributed by atoms with E-state index >= 15 is 0 Å². The van der Waals surface area contributed by atoms with Crippen molar-refractivity contribution in [1.82, 2.24) is 5.32 Å². The number of nitrogens with one attached hydrogen (secondary N) is 1. The van der Waals surface area contributed by atoms with Gasteiger partial charge in [-0.25, -0.2) is 0 Å². The minimum Gasteiger partial charge on any atom is -0.493 e. The molecule has 1 N–H and O–H groups in total. The van der Waals surface area contributed by atoms with Crippen LogP contribution >= 0.6 is 15.9 Å². The van der Waals surface area contributed by atoms with E-state index < -0.39 is 0 Å². The first-order valence-corrected chi connectivity index (χ1v) is 7.10. The van der Waals surface area contributed by atoms with Gasteiger partial charge in [-0.1, -0.05) is 0 Å². The van der Waals surface area contributed by atoms with E-state index in [1.54, 1.807) is 14.2 Å². The molecule has 1 aliphatic heterocycles. The summed E-state index contributed by atoms with van der Waals surface area (Å²) in [5, 5.41) is 3.40. The monoisotopic (exact) mass is 313 g/mol. The van der Waals surface area contributed by atoms with Crippen LogP contribution in [0.5, 0.6) is 11.5 Å². The lowest BCUT2D eigenvalue weighted by molar-refractivity contribution is 0.351. The number of rotatable bonds is 3. The molecule has 1 heterocycles. The molecule has 1 aromatic carbocycles. The molecule has 0 aromatic heterocycles. The van der Waals surface area contributed by atoms with Crippen LogP contribution in [0.15, 0.2) is 10.5 Å². The van der Waals surface area contributed by atoms with Crippen molar-refractivity contribution in [2.75, 3.05) is 27.3 Å². The largest absolute Gasteiger partial charge is 0.493 e. The Morgan fingerprint density at radius 3 is 2.44 bits per heavy atom. The number of hydrogen-bond donors (Lipinski definition) is 1. The number of methoxy groups -OCH3 is 2. The van der Waals surface area contributed by atoms with E-state index in [0.29, 0.717) is 5.92 Å². The van der Waals surface area contributed by atoms with Crippen LogP contribution < -0.4 is 14.8 Å². The van der Waals surface area contributed by atoms with E-state index in [1.165, 1.54) is 24.0 Å². The van der Waals surface area contributed by atoms with Crippen LogP contribution in [0.2, 0.25) is 0 Å². The zero-order valence-electron chi connectivity index (χ0n) is 11.2. The molecule has 1 aliphatic rings. The zero-order chi connectivity index (χ0) is 13.1. The summed E-state index contributed by atoms with van der Waals surface area (Å²) in [6, 6.07) is 2.07. The summed E-state index contributed by atoms with van der Waals surface area (Å²) in [5.74, 6) is 2.19. The number of aryl methyl sites for hydroxylation is 1. The summed E-state index contributed by atoms with van der Waals surface area (Å²) < 4.78 is 11.9. The van der Waals surface area contributed by atoms with Gasteiger partial charge in [0.25, 0.3) is 0 Å². The van der Waals surface area contributed by atoms with Gasteiger partial charge >= 0.3 is 0 Å². The second kappa shape index (κ2) is 5.93. The fourth-order valence-electron chi connectivity index (χ4n) is 2.70. The summed E-state index contributed by atoms with van der Waals surface area (Å²) in [6.07, 6.45) is 2.35. The first-order valence-electron chi connectivity index (χ1n) is 6.30. The Balaban J connectivity index is 2.46. The van der Waals surface area contributed by atoms with Gasteiger partial charge in [0, 0.05) is 0 Å². The Kier molecular flexibility index (Phi) is 4.51. The fourth-order valence-corrected chi connectivity index (χ4v) is 3.69. The van der Waals surface area contributed by atoms with E-state index in [1.807, 2.05) is 0 Å². The van der Waals surface area contributed by atoms with Crippen LogP contribution in [-0.4, -0.2) is 27.3 Å². The predicted molar refractivity (Wildman–Crippen MR) is 76.8 cm³/mol. The van der Waals surface area contributed by atoms with Crippen molar-refractivity contribution < 1.29 is 9.47 Å². The van der Waals surface area contributed by atoms with E-state index in [2.05, 4.69) is 34.2 Å². The van der Waals surface area contributed by atoms with Gasteiger partial charge in [0.2, 0.25) is 0 Å². The highest BCUT2D eigenvalue weighted by molar-refractivity contribution is 9.10. The van der Waals surface area contributed by atoms with Crippen LogP contribution in [0.3, 0.4) is 0 Å². The maximum atomic E-state index is 5.47. The third-order valence-corrected chi connectivity index (χ3v) is 4.39. The molecule has 0 radical (unpaired) electrons. The van der Waals surface area contributed by atoms with Crippen LogP contribution in [0.1, 0.15) is 29.9 Å². The number of benzene rings is 1. The highest BCUT2D eigenvalue weighted by Crippen LogP contribution is 2.44. The number of piperidine rings is 1. The molecule has 1 aromatic rings. The van der Waals surface area contributed by atoms with E-state index in [4.69, 9.17) is 9.47 Å². The lowest BCUT2D eigenvalue weighted by Gasteiger charge is -2.27. The Labute approximate surface area is 117 Å². The maximum absolute atomic E-state index is 5.47. The SMILES string of the molecule is COc1cc(C)c(C2CCNCC2)c(Br)c1OC. The zero-order valence-corrected chi connectivity index (χ0v) is 12.8. The van der Waals surface area contributed by atoms with E-state index in [9.17, 15) is 0 Å². The van der Waals surface area contributed by atoms with Gasteiger partial charge < -0.3 is 14.8 Å². The predicted octanol–water partition coefficient (Wildman–Crippen LogP) is 3.24. The van der Waals surface area contributed by atoms with Crippen molar-refractivity contribution in [1.29, 1.82) is 0 Å². The summed E-state index contributed by atoms with van der Waals surface area (Å²) in [5.41, 5.74) is 2.64. The van der Waals surface area contributed by atoms with Crippen LogP contribution in [0.25, 0.3) is 0 Å². The molecule has 0 spiro atoms. The lowest BCUT2D eigenvalue weighted by Crippen LogP contribution is -2.27. The highest BCUT2D eigenvalue weighted by Gasteiger charge is 2.23. The molecule has 0 amide bonds.